The van der Waals surface area contributed by atoms with Crippen LogP contribution in [0.3, 0.4) is 0 Å². The Bertz CT molecular complexity index is 418. The summed E-state index contributed by atoms with van der Waals surface area (Å²) in [5.74, 6) is -0.255. The number of allylic oxidation sites excluding steroid dienone is 2. The van der Waals surface area contributed by atoms with Crippen molar-refractivity contribution in [1.29, 1.82) is 0 Å². The first-order chi connectivity index (χ1) is 8.36. The van der Waals surface area contributed by atoms with E-state index in [0.29, 0.717) is 5.56 Å². The summed E-state index contributed by atoms with van der Waals surface area (Å²) >= 11 is 0. The predicted molar refractivity (Wildman–Crippen MR) is 67.8 cm³/mol. The van der Waals surface area contributed by atoms with Crippen molar-refractivity contribution in [2.75, 3.05) is 0 Å². The lowest BCUT2D eigenvalue weighted by molar-refractivity contribution is 0.0399. The molecule has 0 aromatic heterocycles. The predicted octanol–water partition coefficient (Wildman–Crippen LogP) is 3.51. The number of hydrogen-bond acceptors (Lipinski definition) is 2. The van der Waals surface area contributed by atoms with Crippen molar-refractivity contribution in [3.8, 4) is 0 Å². The van der Waals surface area contributed by atoms with Gasteiger partial charge < -0.3 is 4.74 Å². The normalized spacial score (nSPS) is 23.2. The molecule has 88 valence electrons. The number of rotatable bonds is 2. The van der Waals surface area contributed by atoms with Gasteiger partial charge in [0.25, 0.3) is 0 Å². The molecular weight excluding hydrogens is 212 g/mol. The van der Waals surface area contributed by atoms with Crippen molar-refractivity contribution in [3.63, 3.8) is 0 Å². The van der Waals surface area contributed by atoms with E-state index >= 15 is 0 Å². The molecule has 0 heterocycles. The highest BCUT2D eigenvalue weighted by Crippen LogP contribution is 2.11. The van der Waals surface area contributed by atoms with E-state index in [1.165, 1.54) is 0 Å². The van der Waals surface area contributed by atoms with Gasteiger partial charge in [-0.1, -0.05) is 36.4 Å². The smallest absolute Gasteiger partial charge is 0.338 e. The molecule has 0 amide bonds. The minimum atomic E-state index is -0.255. The molecule has 17 heavy (non-hydrogen) atoms. The van der Waals surface area contributed by atoms with Gasteiger partial charge in [0.1, 0.15) is 6.10 Å². The fraction of sp³-hybridized carbons (Fsp3) is 0.267. The number of benzene rings is 1. The molecular formula is C15H16O2. The summed E-state index contributed by atoms with van der Waals surface area (Å²) in [4.78, 5) is 11.8. The SMILES string of the molecule is O=C(O[C@@H]1/C=C\CC/C=C\C1)c1ccccc1. The van der Waals surface area contributed by atoms with Crippen molar-refractivity contribution in [2.24, 2.45) is 0 Å². The molecule has 1 aliphatic carbocycles. The second-order valence-electron chi connectivity index (χ2n) is 4.02. The van der Waals surface area contributed by atoms with Crippen molar-refractivity contribution in [3.05, 3.63) is 60.2 Å². The highest BCUT2D eigenvalue weighted by atomic mass is 16.5. The summed E-state index contributed by atoms with van der Waals surface area (Å²) in [6.07, 6.45) is 11.0. The number of esters is 1. The Balaban J connectivity index is 1.98. The maximum Gasteiger partial charge on any atom is 0.338 e. The van der Waals surface area contributed by atoms with Crippen molar-refractivity contribution < 1.29 is 9.53 Å². The quantitative estimate of drug-likeness (QED) is 0.572. The van der Waals surface area contributed by atoms with Crippen LogP contribution in [0.5, 0.6) is 0 Å². The molecule has 0 unspecified atom stereocenters. The number of carbonyl (C=O) groups excluding carboxylic acids is 1. The van der Waals surface area contributed by atoms with Crippen LogP contribution in [0.25, 0.3) is 0 Å². The monoisotopic (exact) mass is 228 g/mol. The number of hydrogen-bond donors (Lipinski definition) is 0. The molecule has 0 aliphatic heterocycles. The van der Waals surface area contributed by atoms with E-state index in [-0.39, 0.29) is 12.1 Å². The lowest BCUT2D eigenvalue weighted by Gasteiger charge is -2.13. The van der Waals surface area contributed by atoms with Gasteiger partial charge in [-0.15, -0.1) is 0 Å². The Morgan fingerprint density at radius 3 is 2.65 bits per heavy atom. The van der Waals surface area contributed by atoms with Crippen LogP contribution in [-0.2, 0) is 4.74 Å². The molecule has 1 aromatic carbocycles. The van der Waals surface area contributed by atoms with Gasteiger partial charge in [0.2, 0.25) is 0 Å². The summed E-state index contributed by atoms with van der Waals surface area (Å²) in [6.45, 7) is 0. The van der Waals surface area contributed by atoms with E-state index in [9.17, 15) is 4.79 Å². The Kier molecular flexibility index (Phi) is 4.14. The molecule has 2 nitrogen and oxygen atoms in total. The molecule has 0 bridgehead atoms. The first-order valence-electron chi connectivity index (χ1n) is 5.94. The van der Waals surface area contributed by atoms with Gasteiger partial charge in [-0.25, -0.2) is 4.79 Å². The second kappa shape index (κ2) is 6.04. The summed E-state index contributed by atoms with van der Waals surface area (Å²) in [7, 11) is 0. The van der Waals surface area contributed by atoms with Crippen LogP contribution in [0.2, 0.25) is 0 Å². The molecule has 2 rings (SSSR count). The number of carbonyl (C=O) groups is 1. The molecule has 0 saturated heterocycles. The zero-order valence-electron chi connectivity index (χ0n) is 9.71. The molecule has 2 heteroatoms. The van der Waals surface area contributed by atoms with Gasteiger partial charge in [0.15, 0.2) is 0 Å². The lowest BCUT2D eigenvalue weighted by Crippen LogP contribution is -2.15. The summed E-state index contributed by atoms with van der Waals surface area (Å²) in [6, 6.07) is 9.10. The minimum Gasteiger partial charge on any atom is -0.454 e. The maximum absolute atomic E-state index is 11.8. The van der Waals surface area contributed by atoms with Gasteiger partial charge in [-0.3, -0.25) is 0 Å². The topological polar surface area (TPSA) is 26.3 Å². The molecule has 0 radical (unpaired) electrons. The first kappa shape index (κ1) is 11.6. The second-order valence-corrected chi connectivity index (χ2v) is 4.02. The van der Waals surface area contributed by atoms with E-state index in [2.05, 4.69) is 18.2 Å². The number of ether oxygens (including phenoxy) is 1. The Morgan fingerprint density at radius 1 is 1.06 bits per heavy atom. The Hall–Kier alpha value is -1.83. The molecule has 1 aromatic rings. The Labute approximate surface area is 102 Å². The van der Waals surface area contributed by atoms with Crippen molar-refractivity contribution >= 4 is 5.97 Å². The fourth-order valence-corrected chi connectivity index (χ4v) is 1.73. The van der Waals surface area contributed by atoms with Crippen LogP contribution >= 0.6 is 0 Å². The fourth-order valence-electron chi connectivity index (χ4n) is 1.73. The summed E-state index contributed by atoms with van der Waals surface area (Å²) in [5, 5.41) is 0. The van der Waals surface area contributed by atoms with Crippen molar-refractivity contribution in [1.82, 2.24) is 0 Å². The summed E-state index contributed by atoms with van der Waals surface area (Å²) in [5.41, 5.74) is 0.604. The molecule has 0 fully saturated rings. The molecule has 1 aliphatic rings. The average Bonchev–Trinajstić information content (AvgIpc) is 2.33. The van der Waals surface area contributed by atoms with E-state index < -0.39 is 0 Å². The van der Waals surface area contributed by atoms with Crippen LogP contribution < -0.4 is 0 Å². The van der Waals surface area contributed by atoms with Crippen LogP contribution in [0.15, 0.2) is 54.6 Å². The summed E-state index contributed by atoms with van der Waals surface area (Å²) < 4.78 is 5.44. The van der Waals surface area contributed by atoms with E-state index in [0.717, 1.165) is 19.3 Å². The Morgan fingerprint density at radius 2 is 1.82 bits per heavy atom. The highest BCUT2D eigenvalue weighted by Gasteiger charge is 2.12. The third-order valence-corrected chi connectivity index (χ3v) is 2.65. The van der Waals surface area contributed by atoms with Crippen LogP contribution in [0.1, 0.15) is 29.6 Å². The van der Waals surface area contributed by atoms with E-state index in [1.807, 2.05) is 24.3 Å². The zero-order valence-corrected chi connectivity index (χ0v) is 9.71. The standard InChI is InChI=1S/C15H16O2/c16-15(13-9-5-4-6-10-13)17-14-11-7-2-1-3-8-12-14/h2,4-10,12,14H,1,3,11H2/b7-2-,12-8-/t14-/m0/s1. The van der Waals surface area contributed by atoms with Crippen LogP contribution in [-0.4, -0.2) is 12.1 Å². The van der Waals surface area contributed by atoms with Gasteiger partial charge in [-0.2, -0.15) is 0 Å². The van der Waals surface area contributed by atoms with Gasteiger partial charge >= 0.3 is 5.97 Å². The minimum absolute atomic E-state index is 0.140. The van der Waals surface area contributed by atoms with Crippen LogP contribution in [0.4, 0.5) is 0 Å². The van der Waals surface area contributed by atoms with E-state index in [4.69, 9.17) is 4.74 Å². The third-order valence-electron chi connectivity index (χ3n) is 2.65. The van der Waals surface area contributed by atoms with Crippen molar-refractivity contribution in [2.45, 2.75) is 25.4 Å². The van der Waals surface area contributed by atoms with E-state index in [1.54, 1.807) is 12.1 Å². The van der Waals surface area contributed by atoms with Gasteiger partial charge in [0.05, 0.1) is 5.56 Å². The van der Waals surface area contributed by atoms with Gasteiger partial charge in [-0.05, 0) is 31.1 Å². The first-order valence-corrected chi connectivity index (χ1v) is 5.94. The molecule has 0 N–H and O–H groups in total. The molecule has 1 atom stereocenters. The maximum atomic E-state index is 11.8. The lowest BCUT2D eigenvalue weighted by atomic mass is 10.1. The third kappa shape index (κ3) is 3.59. The van der Waals surface area contributed by atoms with Gasteiger partial charge in [0, 0.05) is 6.42 Å². The molecule has 0 spiro atoms. The zero-order chi connectivity index (χ0) is 11.9. The largest absolute Gasteiger partial charge is 0.454 e. The average molecular weight is 228 g/mol. The molecule has 0 saturated carbocycles. The highest BCUT2D eigenvalue weighted by molar-refractivity contribution is 5.89. The van der Waals surface area contributed by atoms with Crippen LogP contribution in [0, 0.1) is 0 Å².